The van der Waals surface area contributed by atoms with Crippen LogP contribution in [0.15, 0.2) is 53.4 Å². The van der Waals surface area contributed by atoms with Crippen molar-refractivity contribution in [3.05, 3.63) is 59.7 Å². The minimum Gasteiger partial charge on any atom is -0.368 e. The summed E-state index contributed by atoms with van der Waals surface area (Å²) in [6, 6.07) is 16.0. The lowest BCUT2D eigenvalue weighted by Crippen LogP contribution is -2.43. The maximum atomic E-state index is 12.8. The van der Waals surface area contributed by atoms with Crippen LogP contribution in [-0.2, 0) is 21.2 Å². The number of para-hydroxylation sites is 1. The Balaban J connectivity index is 1.22. The minimum absolute atomic E-state index is 0.0484. The van der Waals surface area contributed by atoms with Crippen LogP contribution in [0.5, 0.6) is 0 Å². The zero-order valence-electron chi connectivity index (χ0n) is 19.0. The number of anilines is 1. The van der Waals surface area contributed by atoms with Gasteiger partial charge >= 0.3 is 0 Å². The van der Waals surface area contributed by atoms with Crippen LogP contribution in [0.4, 0.5) is 5.69 Å². The number of hydrogen-bond acceptors (Lipinski definition) is 4. The molecule has 0 aliphatic carbocycles. The highest BCUT2D eigenvalue weighted by Gasteiger charge is 2.32. The summed E-state index contributed by atoms with van der Waals surface area (Å²) in [5.41, 5.74) is 3.74. The lowest BCUT2D eigenvalue weighted by molar-refractivity contribution is -0.126. The van der Waals surface area contributed by atoms with Crippen molar-refractivity contribution in [2.75, 3.05) is 31.1 Å². The lowest BCUT2D eigenvalue weighted by Gasteiger charge is -2.30. The van der Waals surface area contributed by atoms with Gasteiger partial charge in [-0.25, -0.2) is 8.42 Å². The molecule has 0 spiro atoms. The Labute approximate surface area is 191 Å². The molecule has 2 heterocycles. The zero-order chi connectivity index (χ0) is 22.7. The predicted octanol–water partition coefficient (Wildman–Crippen LogP) is 3.35. The van der Waals surface area contributed by atoms with Gasteiger partial charge in [0.1, 0.15) is 0 Å². The number of sulfonamides is 1. The van der Waals surface area contributed by atoms with E-state index in [1.807, 2.05) is 19.1 Å². The van der Waals surface area contributed by atoms with Gasteiger partial charge in [-0.3, -0.25) is 4.79 Å². The number of aryl methyl sites for hydroxylation is 1. The molecule has 1 fully saturated rings. The van der Waals surface area contributed by atoms with Crippen LogP contribution in [0.25, 0.3) is 0 Å². The van der Waals surface area contributed by atoms with Gasteiger partial charge in [0.25, 0.3) is 0 Å². The van der Waals surface area contributed by atoms with Gasteiger partial charge in [-0.1, -0.05) is 35.9 Å². The normalized spacial score (nSPS) is 19.7. The summed E-state index contributed by atoms with van der Waals surface area (Å²) < 4.78 is 27.2. The summed E-state index contributed by atoms with van der Waals surface area (Å²) in [4.78, 5) is 15.4. The van der Waals surface area contributed by atoms with E-state index in [2.05, 4.69) is 41.4 Å². The Morgan fingerprint density at radius 1 is 1.06 bits per heavy atom. The van der Waals surface area contributed by atoms with E-state index in [0.717, 1.165) is 24.9 Å². The lowest BCUT2D eigenvalue weighted by atomic mass is 9.97. The van der Waals surface area contributed by atoms with Crippen LogP contribution in [0.1, 0.15) is 37.3 Å². The zero-order valence-corrected chi connectivity index (χ0v) is 19.8. The maximum absolute atomic E-state index is 12.8. The molecule has 6 nitrogen and oxygen atoms in total. The molecule has 2 aromatic rings. The Morgan fingerprint density at radius 2 is 1.75 bits per heavy atom. The van der Waals surface area contributed by atoms with Crippen LogP contribution in [0.3, 0.4) is 0 Å². The molecule has 1 amide bonds. The molecule has 2 aliphatic heterocycles. The van der Waals surface area contributed by atoms with E-state index in [1.165, 1.54) is 15.6 Å². The van der Waals surface area contributed by atoms with E-state index in [9.17, 15) is 13.2 Å². The first kappa shape index (κ1) is 22.8. The molecular formula is C25H33N3O3S. The number of amides is 1. The second kappa shape index (κ2) is 9.63. The topological polar surface area (TPSA) is 69.7 Å². The molecule has 2 aromatic carbocycles. The fourth-order valence-corrected chi connectivity index (χ4v) is 6.26. The number of piperidine rings is 1. The van der Waals surface area contributed by atoms with Crippen molar-refractivity contribution in [2.24, 2.45) is 5.92 Å². The molecular weight excluding hydrogens is 422 g/mol. The highest BCUT2D eigenvalue weighted by Crippen LogP contribution is 2.31. The Bertz CT molecular complexity index is 1040. The van der Waals surface area contributed by atoms with Gasteiger partial charge in [-0.15, -0.1) is 0 Å². The monoisotopic (exact) mass is 455 g/mol. The molecule has 1 atom stereocenters. The van der Waals surface area contributed by atoms with Gasteiger partial charge in [0.05, 0.1) is 4.90 Å². The molecule has 1 saturated heterocycles. The van der Waals surface area contributed by atoms with Crippen LogP contribution < -0.4 is 10.2 Å². The number of fused-ring (bicyclic) bond motifs is 1. The molecule has 32 heavy (non-hydrogen) atoms. The molecule has 7 heteroatoms. The Hall–Kier alpha value is -2.38. The van der Waals surface area contributed by atoms with Crippen molar-refractivity contribution in [1.82, 2.24) is 9.62 Å². The number of carbonyl (C=O) groups excluding carboxylic acids is 1. The number of benzene rings is 2. The third-order valence-corrected chi connectivity index (χ3v) is 8.62. The summed E-state index contributed by atoms with van der Waals surface area (Å²) in [6.45, 7) is 6.52. The summed E-state index contributed by atoms with van der Waals surface area (Å²) in [6.07, 6.45) is 3.10. The Kier molecular flexibility index (Phi) is 6.86. The molecule has 1 unspecified atom stereocenters. The van der Waals surface area contributed by atoms with Gasteiger partial charge in [0.2, 0.25) is 15.9 Å². The fourth-order valence-electron chi connectivity index (χ4n) is 4.79. The van der Waals surface area contributed by atoms with E-state index >= 15 is 0 Å². The van der Waals surface area contributed by atoms with E-state index in [1.54, 1.807) is 12.1 Å². The van der Waals surface area contributed by atoms with Crippen LogP contribution in [-0.4, -0.2) is 50.9 Å². The van der Waals surface area contributed by atoms with Gasteiger partial charge in [0, 0.05) is 43.8 Å². The molecule has 4 rings (SSSR count). The molecule has 0 aromatic heterocycles. The molecule has 1 N–H and O–H groups in total. The van der Waals surface area contributed by atoms with Crippen molar-refractivity contribution in [1.29, 1.82) is 0 Å². The second-order valence-corrected chi connectivity index (χ2v) is 10.9. The fraction of sp³-hybridized carbons (Fsp3) is 0.480. The van der Waals surface area contributed by atoms with E-state index in [-0.39, 0.29) is 11.8 Å². The number of rotatable bonds is 7. The smallest absolute Gasteiger partial charge is 0.243 e. The predicted molar refractivity (Wildman–Crippen MR) is 127 cm³/mol. The summed E-state index contributed by atoms with van der Waals surface area (Å²) in [5, 5.41) is 3.07. The highest BCUT2D eigenvalue weighted by atomic mass is 32.2. The molecule has 172 valence electrons. The second-order valence-electron chi connectivity index (χ2n) is 9.01. The van der Waals surface area contributed by atoms with Crippen molar-refractivity contribution < 1.29 is 13.2 Å². The first-order valence-electron chi connectivity index (χ1n) is 11.6. The SMILES string of the molecule is Cc1ccc(S(=O)(=O)N2CCC(C(=O)NCCCN3c4ccccc4CC3C)CC2)cc1. The molecule has 0 bridgehead atoms. The number of hydrogen-bond donors (Lipinski definition) is 1. The van der Waals surface area contributed by atoms with E-state index in [4.69, 9.17) is 0 Å². The average molecular weight is 456 g/mol. The number of carbonyl (C=O) groups is 1. The third kappa shape index (κ3) is 4.84. The molecule has 0 radical (unpaired) electrons. The van der Waals surface area contributed by atoms with Crippen molar-refractivity contribution in [3.63, 3.8) is 0 Å². The van der Waals surface area contributed by atoms with Crippen molar-refractivity contribution in [2.45, 2.75) is 50.5 Å². The minimum atomic E-state index is -3.49. The molecule has 0 saturated carbocycles. The van der Waals surface area contributed by atoms with Gasteiger partial charge in [-0.05, 0) is 63.3 Å². The summed E-state index contributed by atoms with van der Waals surface area (Å²) in [5.74, 6) is -0.0711. The number of nitrogens with one attached hydrogen (secondary N) is 1. The first-order chi connectivity index (χ1) is 15.4. The van der Waals surface area contributed by atoms with Gasteiger partial charge in [-0.2, -0.15) is 4.31 Å². The third-order valence-electron chi connectivity index (χ3n) is 6.71. The highest BCUT2D eigenvalue weighted by molar-refractivity contribution is 7.89. The van der Waals surface area contributed by atoms with Gasteiger partial charge < -0.3 is 10.2 Å². The quantitative estimate of drug-likeness (QED) is 0.650. The van der Waals surface area contributed by atoms with Crippen LogP contribution in [0, 0.1) is 12.8 Å². The van der Waals surface area contributed by atoms with Crippen molar-refractivity contribution in [3.8, 4) is 0 Å². The van der Waals surface area contributed by atoms with E-state index < -0.39 is 10.0 Å². The van der Waals surface area contributed by atoms with E-state index in [0.29, 0.717) is 43.4 Å². The summed E-state index contributed by atoms with van der Waals surface area (Å²) >= 11 is 0. The summed E-state index contributed by atoms with van der Waals surface area (Å²) in [7, 11) is -3.49. The average Bonchev–Trinajstić information content (AvgIpc) is 3.12. The largest absolute Gasteiger partial charge is 0.368 e. The van der Waals surface area contributed by atoms with Crippen LogP contribution in [0.2, 0.25) is 0 Å². The van der Waals surface area contributed by atoms with Crippen molar-refractivity contribution >= 4 is 21.6 Å². The maximum Gasteiger partial charge on any atom is 0.243 e. The molecule has 2 aliphatic rings. The van der Waals surface area contributed by atoms with Gasteiger partial charge in [0.15, 0.2) is 0 Å². The Morgan fingerprint density at radius 3 is 2.47 bits per heavy atom. The first-order valence-corrected chi connectivity index (χ1v) is 13.0. The number of nitrogens with zero attached hydrogens (tertiary/aromatic N) is 2. The standard InChI is InChI=1S/C25H33N3O3S/c1-19-8-10-23(11-9-19)32(30,31)27-16-12-21(13-17-27)25(29)26-14-5-15-28-20(2)18-22-6-3-4-7-24(22)28/h3-4,6-11,20-21H,5,12-18H2,1-2H3,(H,26,29). The van der Waals surface area contributed by atoms with Crippen LogP contribution >= 0.6 is 0 Å².